The monoisotopic (exact) mass is 279 g/mol. The second-order valence-corrected chi connectivity index (χ2v) is 4.28. The highest BCUT2D eigenvalue weighted by atomic mass is 16.5. The number of morpholine rings is 1. The van der Waals surface area contributed by atoms with Gasteiger partial charge in [0, 0.05) is 12.1 Å². The molecule has 7 nitrogen and oxygen atoms in total. The standard InChI is InChI=1S/C13H17N3O4/c14-15-13(18)10-2-1-3-11(8-10)20-7-5-16-4-6-19-9-12(16)17/h1-3,8H,4-7,9,14H2,(H,15,18). The first-order valence-electron chi connectivity index (χ1n) is 6.30. The van der Waals surface area contributed by atoms with Gasteiger partial charge in [-0.05, 0) is 18.2 Å². The van der Waals surface area contributed by atoms with E-state index in [-0.39, 0.29) is 18.4 Å². The fraction of sp³-hybridized carbons (Fsp3) is 0.385. The molecule has 0 saturated carbocycles. The molecule has 1 aliphatic heterocycles. The highest BCUT2D eigenvalue weighted by Gasteiger charge is 2.17. The zero-order valence-electron chi connectivity index (χ0n) is 11.0. The number of carbonyl (C=O) groups is 2. The molecule has 3 N–H and O–H groups in total. The highest BCUT2D eigenvalue weighted by molar-refractivity contribution is 5.94. The van der Waals surface area contributed by atoms with Crippen molar-refractivity contribution in [3.63, 3.8) is 0 Å². The van der Waals surface area contributed by atoms with Crippen LogP contribution in [0.15, 0.2) is 24.3 Å². The van der Waals surface area contributed by atoms with Gasteiger partial charge in [-0.25, -0.2) is 5.84 Å². The summed E-state index contributed by atoms with van der Waals surface area (Å²) in [7, 11) is 0. The van der Waals surface area contributed by atoms with Gasteiger partial charge in [0.2, 0.25) is 5.91 Å². The first-order chi connectivity index (χ1) is 9.70. The summed E-state index contributed by atoms with van der Waals surface area (Å²) in [6, 6.07) is 6.69. The predicted molar refractivity (Wildman–Crippen MR) is 71.0 cm³/mol. The lowest BCUT2D eigenvalue weighted by Crippen LogP contribution is -2.43. The number of amides is 2. The summed E-state index contributed by atoms with van der Waals surface area (Å²) in [6.45, 7) is 2.12. The van der Waals surface area contributed by atoms with Gasteiger partial charge >= 0.3 is 0 Å². The van der Waals surface area contributed by atoms with Gasteiger partial charge < -0.3 is 14.4 Å². The van der Waals surface area contributed by atoms with Crippen molar-refractivity contribution in [2.24, 2.45) is 5.84 Å². The number of nitrogens with two attached hydrogens (primary N) is 1. The summed E-state index contributed by atoms with van der Waals surface area (Å²) < 4.78 is 10.6. The van der Waals surface area contributed by atoms with Gasteiger partial charge in [0.05, 0.1) is 13.2 Å². The van der Waals surface area contributed by atoms with Crippen LogP contribution in [0.4, 0.5) is 0 Å². The molecule has 0 bridgehead atoms. The lowest BCUT2D eigenvalue weighted by Gasteiger charge is -2.26. The first kappa shape index (κ1) is 14.3. The van der Waals surface area contributed by atoms with Crippen LogP contribution in [0.3, 0.4) is 0 Å². The first-order valence-corrected chi connectivity index (χ1v) is 6.30. The average molecular weight is 279 g/mol. The fourth-order valence-electron chi connectivity index (χ4n) is 1.87. The van der Waals surface area contributed by atoms with E-state index in [1.807, 2.05) is 0 Å². The average Bonchev–Trinajstić information content (AvgIpc) is 2.49. The minimum absolute atomic E-state index is 0.0314. The van der Waals surface area contributed by atoms with Crippen molar-refractivity contribution in [1.82, 2.24) is 10.3 Å². The third kappa shape index (κ3) is 3.69. The maximum atomic E-state index is 11.5. The molecule has 0 aliphatic carbocycles. The third-order valence-corrected chi connectivity index (χ3v) is 2.94. The second-order valence-electron chi connectivity index (χ2n) is 4.28. The minimum atomic E-state index is -0.376. The number of nitrogens with zero attached hydrogens (tertiary/aromatic N) is 1. The van der Waals surface area contributed by atoms with E-state index < -0.39 is 0 Å². The molecule has 0 spiro atoms. The Morgan fingerprint density at radius 1 is 1.50 bits per heavy atom. The minimum Gasteiger partial charge on any atom is -0.492 e. The number of hydrogen-bond donors (Lipinski definition) is 2. The van der Waals surface area contributed by atoms with Crippen molar-refractivity contribution in [2.75, 3.05) is 32.9 Å². The van der Waals surface area contributed by atoms with Crippen LogP contribution in [-0.4, -0.2) is 49.6 Å². The summed E-state index contributed by atoms with van der Waals surface area (Å²) in [4.78, 5) is 24.6. The van der Waals surface area contributed by atoms with Crippen molar-refractivity contribution >= 4 is 11.8 Å². The van der Waals surface area contributed by atoms with Gasteiger partial charge in [-0.15, -0.1) is 0 Å². The molecule has 2 amide bonds. The molecule has 1 saturated heterocycles. The summed E-state index contributed by atoms with van der Waals surface area (Å²) in [5, 5.41) is 0. The Bertz CT molecular complexity index is 492. The topological polar surface area (TPSA) is 93.9 Å². The Kier molecular flexibility index (Phi) is 4.91. The van der Waals surface area contributed by atoms with E-state index in [0.29, 0.717) is 37.6 Å². The van der Waals surface area contributed by atoms with Crippen LogP contribution in [0.25, 0.3) is 0 Å². The van der Waals surface area contributed by atoms with Gasteiger partial charge in [0.15, 0.2) is 0 Å². The van der Waals surface area contributed by atoms with Crippen molar-refractivity contribution < 1.29 is 19.1 Å². The lowest BCUT2D eigenvalue weighted by atomic mass is 10.2. The largest absolute Gasteiger partial charge is 0.492 e. The van der Waals surface area contributed by atoms with E-state index in [0.717, 1.165) is 0 Å². The van der Waals surface area contributed by atoms with Crippen LogP contribution < -0.4 is 16.0 Å². The number of ether oxygens (including phenoxy) is 2. The Labute approximate surface area is 116 Å². The Morgan fingerprint density at radius 2 is 2.35 bits per heavy atom. The fourth-order valence-corrected chi connectivity index (χ4v) is 1.87. The molecule has 108 valence electrons. The third-order valence-electron chi connectivity index (χ3n) is 2.94. The van der Waals surface area contributed by atoms with Gasteiger partial charge in [-0.2, -0.15) is 0 Å². The second kappa shape index (κ2) is 6.88. The summed E-state index contributed by atoms with van der Waals surface area (Å²) >= 11 is 0. The van der Waals surface area contributed by atoms with Crippen LogP contribution in [0.2, 0.25) is 0 Å². The number of hydrazine groups is 1. The van der Waals surface area contributed by atoms with Gasteiger partial charge in [0.1, 0.15) is 19.0 Å². The molecule has 1 aromatic carbocycles. The van der Waals surface area contributed by atoms with E-state index in [1.54, 1.807) is 29.2 Å². The molecule has 1 heterocycles. The maximum Gasteiger partial charge on any atom is 0.265 e. The van der Waals surface area contributed by atoms with Crippen LogP contribution in [0.1, 0.15) is 10.4 Å². The Morgan fingerprint density at radius 3 is 3.10 bits per heavy atom. The molecule has 1 aromatic rings. The number of benzene rings is 1. The van der Waals surface area contributed by atoms with E-state index in [2.05, 4.69) is 5.43 Å². The molecule has 2 rings (SSSR count). The van der Waals surface area contributed by atoms with Crippen molar-refractivity contribution in [2.45, 2.75) is 0 Å². The predicted octanol–water partition coefficient (Wildman–Crippen LogP) is -0.472. The van der Waals surface area contributed by atoms with Gasteiger partial charge in [0.25, 0.3) is 5.91 Å². The molecule has 1 fully saturated rings. The van der Waals surface area contributed by atoms with Crippen molar-refractivity contribution in [3.8, 4) is 5.75 Å². The molecule has 1 aliphatic rings. The molecule has 7 heteroatoms. The van der Waals surface area contributed by atoms with Gasteiger partial charge in [-0.1, -0.05) is 6.07 Å². The molecule has 0 unspecified atom stereocenters. The number of hydrogen-bond acceptors (Lipinski definition) is 5. The Hall–Kier alpha value is -2.12. The number of carbonyl (C=O) groups excluding carboxylic acids is 2. The number of nitrogens with one attached hydrogen (secondary N) is 1. The Balaban J connectivity index is 1.84. The smallest absolute Gasteiger partial charge is 0.265 e. The SMILES string of the molecule is NNC(=O)c1cccc(OCCN2CCOCC2=O)c1. The normalized spacial score (nSPS) is 15.1. The molecule has 0 radical (unpaired) electrons. The van der Waals surface area contributed by atoms with E-state index in [9.17, 15) is 9.59 Å². The molecule has 0 atom stereocenters. The molecular weight excluding hydrogens is 262 g/mol. The van der Waals surface area contributed by atoms with Crippen LogP contribution in [0.5, 0.6) is 5.75 Å². The van der Waals surface area contributed by atoms with Crippen molar-refractivity contribution in [3.05, 3.63) is 29.8 Å². The summed E-state index contributed by atoms with van der Waals surface area (Å²) in [6.07, 6.45) is 0. The lowest BCUT2D eigenvalue weighted by molar-refractivity contribution is -0.143. The van der Waals surface area contributed by atoms with Crippen LogP contribution in [-0.2, 0) is 9.53 Å². The van der Waals surface area contributed by atoms with Crippen LogP contribution >= 0.6 is 0 Å². The van der Waals surface area contributed by atoms with E-state index >= 15 is 0 Å². The zero-order chi connectivity index (χ0) is 14.4. The van der Waals surface area contributed by atoms with E-state index in [1.165, 1.54) is 0 Å². The van der Waals surface area contributed by atoms with Gasteiger partial charge in [-0.3, -0.25) is 15.0 Å². The quantitative estimate of drug-likeness (QED) is 0.431. The maximum absolute atomic E-state index is 11.5. The van der Waals surface area contributed by atoms with E-state index in [4.69, 9.17) is 15.3 Å². The highest BCUT2D eigenvalue weighted by Crippen LogP contribution is 2.13. The van der Waals surface area contributed by atoms with Crippen LogP contribution in [0, 0.1) is 0 Å². The molecule has 0 aromatic heterocycles. The molecule has 20 heavy (non-hydrogen) atoms. The summed E-state index contributed by atoms with van der Waals surface area (Å²) in [5.41, 5.74) is 2.48. The number of rotatable bonds is 5. The van der Waals surface area contributed by atoms with Crippen molar-refractivity contribution in [1.29, 1.82) is 0 Å². The zero-order valence-corrected chi connectivity index (χ0v) is 11.0. The molecular formula is C13H17N3O4. The number of nitrogen functional groups attached to an aromatic ring is 1. The summed E-state index contributed by atoms with van der Waals surface area (Å²) in [5.74, 6) is 5.23.